The molecule has 0 aliphatic heterocycles. The molecule has 4 rings (SSSR count). The zero-order chi connectivity index (χ0) is 19.2. The number of fused-ring (bicyclic) bond motifs is 1. The first-order chi connectivity index (χ1) is 13.8. The van der Waals surface area contributed by atoms with Crippen LogP contribution in [0.1, 0.15) is 27.6 Å². The van der Waals surface area contributed by atoms with Gasteiger partial charge in [-0.2, -0.15) is 11.8 Å². The summed E-state index contributed by atoms with van der Waals surface area (Å²) in [4.78, 5) is 4.73. The van der Waals surface area contributed by atoms with Crippen molar-refractivity contribution >= 4 is 34.8 Å². The lowest BCUT2D eigenvalue weighted by molar-refractivity contribution is 0.934. The highest BCUT2D eigenvalue weighted by Crippen LogP contribution is 2.31. The van der Waals surface area contributed by atoms with Crippen molar-refractivity contribution in [3.8, 4) is 0 Å². The molecule has 0 saturated carbocycles. The van der Waals surface area contributed by atoms with E-state index in [0.29, 0.717) is 5.25 Å². The fourth-order valence-corrected chi connectivity index (χ4v) is 4.16. The zero-order valence-corrected chi connectivity index (χ0v) is 16.8. The predicted molar refractivity (Wildman–Crippen MR) is 124 cm³/mol. The molecule has 0 spiro atoms. The Morgan fingerprint density at radius 1 is 0.821 bits per heavy atom. The molecular weight excluding hydrogens is 358 g/mol. The highest BCUT2D eigenvalue weighted by molar-refractivity contribution is 7.98. The molecule has 1 nitrogen and oxygen atoms in total. The van der Waals surface area contributed by atoms with E-state index < -0.39 is 0 Å². The number of hydrogen-bond acceptors (Lipinski definition) is 2. The van der Waals surface area contributed by atoms with E-state index in [1.165, 1.54) is 22.1 Å². The van der Waals surface area contributed by atoms with Gasteiger partial charge in [0.25, 0.3) is 0 Å². The SMILES string of the molecule is CSC(Cc1ccccc1)c1cccc(/C=C/c2ccc3ccccc3n2)c1. The van der Waals surface area contributed by atoms with Crippen LogP contribution in [0.2, 0.25) is 0 Å². The average molecular weight is 382 g/mol. The van der Waals surface area contributed by atoms with Crippen molar-refractivity contribution in [2.75, 3.05) is 6.26 Å². The van der Waals surface area contributed by atoms with E-state index in [-0.39, 0.29) is 0 Å². The molecule has 3 aromatic carbocycles. The van der Waals surface area contributed by atoms with Crippen LogP contribution in [0.3, 0.4) is 0 Å². The molecular formula is C26H23NS. The number of hydrogen-bond donors (Lipinski definition) is 0. The van der Waals surface area contributed by atoms with Gasteiger partial charge in [-0.05, 0) is 47.6 Å². The molecule has 138 valence electrons. The lowest BCUT2D eigenvalue weighted by Crippen LogP contribution is -1.98. The van der Waals surface area contributed by atoms with Crippen LogP contribution in [0.5, 0.6) is 0 Å². The van der Waals surface area contributed by atoms with Crippen molar-refractivity contribution in [1.29, 1.82) is 0 Å². The maximum Gasteiger partial charge on any atom is 0.0709 e. The molecule has 0 saturated heterocycles. The Bertz CT molecular complexity index is 1090. The number of thioether (sulfide) groups is 1. The first kappa shape index (κ1) is 18.5. The molecule has 1 aromatic heterocycles. The van der Waals surface area contributed by atoms with Crippen molar-refractivity contribution in [2.45, 2.75) is 11.7 Å². The molecule has 4 aromatic rings. The Balaban J connectivity index is 1.54. The van der Waals surface area contributed by atoms with Gasteiger partial charge >= 0.3 is 0 Å². The third-order valence-electron chi connectivity index (χ3n) is 4.90. The summed E-state index contributed by atoms with van der Waals surface area (Å²) in [7, 11) is 0. The predicted octanol–water partition coefficient (Wildman–Crippen LogP) is 7.05. The lowest BCUT2D eigenvalue weighted by Gasteiger charge is -2.15. The topological polar surface area (TPSA) is 12.9 Å². The fraction of sp³-hybridized carbons (Fsp3) is 0.115. The molecule has 0 fully saturated rings. The Labute approximate surface area is 171 Å². The molecule has 0 N–H and O–H groups in total. The first-order valence-electron chi connectivity index (χ1n) is 9.52. The minimum Gasteiger partial charge on any atom is -0.248 e. The summed E-state index contributed by atoms with van der Waals surface area (Å²) < 4.78 is 0. The van der Waals surface area contributed by atoms with Crippen molar-refractivity contribution < 1.29 is 0 Å². The molecule has 1 atom stereocenters. The molecule has 28 heavy (non-hydrogen) atoms. The molecule has 0 bridgehead atoms. The second kappa shape index (κ2) is 8.90. The van der Waals surface area contributed by atoms with Gasteiger partial charge in [-0.1, -0.05) is 84.9 Å². The Morgan fingerprint density at radius 3 is 2.50 bits per heavy atom. The molecule has 2 heteroatoms. The Hall–Kier alpha value is -2.84. The van der Waals surface area contributed by atoms with Crippen molar-refractivity contribution in [1.82, 2.24) is 4.98 Å². The van der Waals surface area contributed by atoms with Crippen molar-refractivity contribution in [3.63, 3.8) is 0 Å². The largest absolute Gasteiger partial charge is 0.248 e. The number of pyridine rings is 1. The molecule has 1 unspecified atom stereocenters. The van der Waals surface area contributed by atoms with E-state index >= 15 is 0 Å². The van der Waals surface area contributed by atoms with Gasteiger partial charge in [0.2, 0.25) is 0 Å². The minimum atomic E-state index is 0.453. The summed E-state index contributed by atoms with van der Waals surface area (Å²) in [6.45, 7) is 0. The van der Waals surface area contributed by atoms with E-state index in [9.17, 15) is 0 Å². The van der Waals surface area contributed by atoms with Gasteiger partial charge in [-0.25, -0.2) is 4.98 Å². The van der Waals surface area contributed by atoms with Crippen molar-refractivity contribution in [2.24, 2.45) is 0 Å². The van der Waals surface area contributed by atoms with Gasteiger partial charge < -0.3 is 0 Å². The van der Waals surface area contributed by atoms with E-state index in [0.717, 1.165) is 17.6 Å². The van der Waals surface area contributed by atoms with Crippen LogP contribution in [0.15, 0.2) is 91.0 Å². The van der Waals surface area contributed by atoms with Crippen molar-refractivity contribution in [3.05, 3.63) is 113 Å². The maximum absolute atomic E-state index is 4.73. The van der Waals surface area contributed by atoms with Gasteiger partial charge in [-0.15, -0.1) is 0 Å². The monoisotopic (exact) mass is 381 g/mol. The Kier molecular flexibility index (Phi) is 5.89. The zero-order valence-electron chi connectivity index (χ0n) is 16.0. The summed E-state index contributed by atoms with van der Waals surface area (Å²) in [5.74, 6) is 0. The second-order valence-electron chi connectivity index (χ2n) is 6.85. The number of nitrogens with zero attached hydrogens (tertiary/aromatic N) is 1. The average Bonchev–Trinajstić information content (AvgIpc) is 2.77. The van der Waals surface area contributed by atoms with Crippen LogP contribution in [-0.4, -0.2) is 11.2 Å². The highest BCUT2D eigenvalue weighted by atomic mass is 32.2. The Morgan fingerprint density at radius 2 is 1.64 bits per heavy atom. The quantitative estimate of drug-likeness (QED) is 0.355. The van der Waals surface area contributed by atoms with Crippen LogP contribution in [0, 0.1) is 0 Å². The summed E-state index contributed by atoms with van der Waals surface area (Å²) in [6.07, 6.45) is 7.48. The number of aromatic nitrogens is 1. The van der Waals surface area contributed by atoms with Crippen LogP contribution in [-0.2, 0) is 6.42 Å². The smallest absolute Gasteiger partial charge is 0.0709 e. The molecule has 0 amide bonds. The van der Waals surface area contributed by atoms with E-state index in [1.807, 2.05) is 23.9 Å². The standard InChI is InChI=1S/C26H23NS/c1-28-26(19-20-8-3-2-4-9-20)23-12-7-10-21(18-23)14-16-24-17-15-22-11-5-6-13-25(22)27-24/h2-18,26H,19H2,1H3/b16-14+. The molecule has 1 heterocycles. The van der Waals surface area contributed by atoms with Crippen LogP contribution in [0.4, 0.5) is 0 Å². The third kappa shape index (κ3) is 4.52. The van der Waals surface area contributed by atoms with Gasteiger partial charge in [0.15, 0.2) is 0 Å². The minimum absolute atomic E-state index is 0.453. The van der Waals surface area contributed by atoms with Gasteiger partial charge in [0.1, 0.15) is 0 Å². The van der Waals surface area contributed by atoms with Gasteiger partial charge in [0.05, 0.1) is 11.2 Å². The van der Waals surface area contributed by atoms with Gasteiger partial charge in [0, 0.05) is 10.6 Å². The summed E-state index contributed by atoms with van der Waals surface area (Å²) in [5.41, 5.74) is 5.96. The first-order valence-corrected chi connectivity index (χ1v) is 10.8. The van der Waals surface area contributed by atoms with Gasteiger partial charge in [-0.3, -0.25) is 0 Å². The number of rotatable bonds is 6. The van der Waals surface area contributed by atoms with E-state index in [2.05, 4.69) is 97.3 Å². The molecule has 0 aliphatic carbocycles. The second-order valence-corrected chi connectivity index (χ2v) is 7.89. The van der Waals surface area contributed by atoms with Crippen LogP contribution >= 0.6 is 11.8 Å². The fourth-order valence-electron chi connectivity index (χ4n) is 3.38. The van der Waals surface area contributed by atoms with E-state index in [1.54, 1.807) is 0 Å². The van der Waals surface area contributed by atoms with E-state index in [4.69, 9.17) is 4.98 Å². The van der Waals surface area contributed by atoms with Crippen LogP contribution in [0.25, 0.3) is 23.1 Å². The normalized spacial score (nSPS) is 12.5. The number of para-hydroxylation sites is 1. The van der Waals surface area contributed by atoms with Crippen LogP contribution < -0.4 is 0 Å². The lowest BCUT2D eigenvalue weighted by atomic mass is 10.0. The molecule has 0 radical (unpaired) electrons. The summed E-state index contributed by atoms with van der Waals surface area (Å²) in [6, 6.07) is 32.0. The summed E-state index contributed by atoms with van der Waals surface area (Å²) in [5, 5.41) is 1.62. The maximum atomic E-state index is 4.73. The third-order valence-corrected chi connectivity index (χ3v) is 5.91. The number of benzene rings is 3. The highest BCUT2D eigenvalue weighted by Gasteiger charge is 2.11. The molecule has 0 aliphatic rings. The summed E-state index contributed by atoms with van der Waals surface area (Å²) >= 11 is 1.91.